The maximum atomic E-state index is 5.21. The summed E-state index contributed by atoms with van der Waals surface area (Å²) in [6, 6.07) is 18.4. The van der Waals surface area contributed by atoms with Crippen molar-refractivity contribution >= 4 is 29.9 Å². The van der Waals surface area contributed by atoms with Crippen LogP contribution in [-0.4, -0.2) is 41.8 Å². The van der Waals surface area contributed by atoms with Gasteiger partial charge in [-0.2, -0.15) is 5.10 Å². The van der Waals surface area contributed by atoms with Crippen LogP contribution in [0.15, 0.2) is 72.0 Å². The number of methoxy groups -OCH3 is 1. The first-order valence-corrected chi connectivity index (χ1v) is 9.28. The van der Waals surface area contributed by atoms with E-state index in [-0.39, 0.29) is 24.0 Å². The molecule has 154 valence electrons. The number of hydrogen-bond donors (Lipinski definition) is 1. The molecule has 0 atom stereocenters. The Kier molecular flexibility index (Phi) is 8.98. The van der Waals surface area contributed by atoms with E-state index in [1.807, 2.05) is 48.3 Å². The molecule has 0 bridgehead atoms. The highest BCUT2D eigenvalue weighted by atomic mass is 127. The topological polar surface area (TPSA) is 54.7 Å². The fraction of sp³-hybridized carbons (Fsp3) is 0.273. The quantitative estimate of drug-likeness (QED) is 0.302. The van der Waals surface area contributed by atoms with Crippen LogP contribution >= 0.6 is 24.0 Å². The zero-order valence-electron chi connectivity index (χ0n) is 17.1. The number of halogens is 1. The van der Waals surface area contributed by atoms with Crippen LogP contribution in [0.25, 0.3) is 0 Å². The molecule has 7 heteroatoms. The summed E-state index contributed by atoms with van der Waals surface area (Å²) in [5, 5.41) is 7.86. The van der Waals surface area contributed by atoms with E-state index < -0.39 is 0 Å². The molecule has 1 aromatic heterocycles. The largest absolute Gasteiger partial charge is 0.497 e. The van der Waals surface area contributed by atoms with Gasteiger partial charge in [-0.05, 0) is 23.3 Å². The summed E-state index contributed by atoms with van der Waals surface area (Å²) < 4.78 is 7.17. The van der Waals surface area contributed by atoms with E-state index in [2.05, 4.69) is 50.8 Å². The van der Waals surface area contributed by atoms with Gasteiger partial charge in [0, 0.05) is 38.9 Å². The normalized spacial score (nSPS) is 10.9. The molecule has 1 heterocycles. The van der Waals surface area contributed by atoms with Gasteiger partial charge in [-0.3, -0.25) is 9.67 Å². The van der Waals surface area contributed by atoms with Gasteiger partial charge < -0.3 is 15.0 Å². The predicted molar refractivity (Wildman–Crippen MR) is 128 cm³/mol. The van der Waals surface area contributed by atoms with Crippen molar-refractivity contribution in [1.82, 2.24) is 20.0 Å². The van der Waals surface area contributed by atoms with Crippen molar-refractivity contribution in [2.24, 2.45) is 4.99 Å². The summed E-state index contributed by atoms with van der Waals surface area (Å²) in [6.07, 6.45) is 3.96. The molecule has 2 aromatic carbocycles. The lowest BCUT2D eigenvalue weighted by molar-refractivity contribution is 0.414. The standard InChI is InChI=1S/C22H27N5O.HI/c1-23-22(26(2)15-19-9-11-21(28-3)12-10-19)24-13-20-14-25-27(17-20)16-18-7-5-4-6-8-18;/h4-12,14,17H,13,15-16H2,1-3H3,(H,23,24);1H. The van der Waals surface area contributed by atoms with Crippen molar-refractivity contribution in [1.29, 1.82) is 0 Å². The second kappa shape index (κ2) is 11.5. The number of aromatic nitrogens is 2. The molecule has 0 aliphatic rings. The summed E-state index contributed by atoms with van der Waals surface area (Å²) in [5.74, 6) is 1.70. The Labute approximate surface area is 189 Å². The van der Waals surface area contributed by atoms with E-state index in [0.29, 0.717) is 6.54 Å². The van der Waals surface area contributed by atoms with Crippen molar-refractivity contribution in [2.45, 2.75) is 19.6 Å². The Morgan fingerprint density at radius 2 is 1.79 bits per heavy atom. The third-order valence-corrected chi connectivity index (χ3v) is 4.48. The average Bonchev–Trinajstić information content (AvgIpc) is 3.17. The third kappa shape index (κ3) is 6.77. The second-order valence-electron chi connectivity index (χ2n) is 6.64. The van der Waals surface area contributed by atoms with E-state index >= 15 is 0 Å². The fourth-order valence-corrected chi connectivity index (χ4v) is 3.00. The minimum atomic E-state index is 0. The van der Waals surface area contributed by atoms with E-state index in [1.165, 1.54) is 11.1 Å². The van der Waals surface area contributed by atoms with Crippen LogP contribution in [0, 0.1) is 0 Å². The smallest absolute Gasteiger partial charge is 0.193 e. The first kappa shape index (κ1) is 22.7. The zero-order chi connectivity index (χ0) is 19.8. The number of benzene rings is 2. The monoisotopic (exact) mass is 505 g/mol. The van der Waals surface area contributed by atoms with E-state index in [0.717, 1.165) is 30.4 Å². The summed E-state index contributed by atoms with van der Waals surface area (Å²) in [4.78, 5) is 6.48. The maximum absolute atomic E-state index is 5.21. The van der Waals surface area contributed by atoms with Crippen molar-refractivity contribution in [3.63, 3.8) is 0 Å². The molecular weight excluding hydrogens is 477 g/mol. The van der Waals surface area contributed by atoms with E-state index in [9.17, 15) is 0 Å². The Morgan fingerprint density at radius 3 is 2.45 bits per heavy atom. The molecule has 0 aliphatic carbocycles. The van der Waals surface area contributed by atoms with Gasteiger partial charge in [-0.1, -0.05) is 42.5 Å². The number of nitrogens with zero attached hydrogens (tertiary/aromatic N) is 4. The lowest BCUT2D eigenvalue weighted by Crippen LogP contribution is -2.37. The first-order chi connectivity index (χ1) is 13.7. The Morgan fingerprint density at radius 1 is 1.07 bits per heavy atom. The Hall–Kier alpha value is -2.55. The van der Waals surface area contributed by atoms with Crippen LogP contribution in [0.1, 0.15) is 16.7 Å². The molecule has 0 unspecified atom stereocenters. The van der Waals surface area contributed by atoms with Crippen LogP contribution in [0.4, 0.5) is 0 Å². The molecule has 0 spiro atoms. The van der Waals surface area contributed by atoms with Crippen molar-refractivity contribution in [2.75, 3.05) is 21.2 Å². The van der Waals surface area contributed by atoms with Crippen LogP contribution in [-0.2, 0) is 19.6 Å². The van der Waals surface area contributed by atoms with Crippen LogP contribution in [0.3, 0.4) is 0 Å². The highest BCUT2D eigenvalue weighted by Gasteiger charge is 2.08. The maximum Gasteiger partial charge on any atom is 0.193 e. The van der Waals surface area contributed by atoms with E-state index in [1.54, 1.807) is 14.2 Å². The van der Waals surface area contributed by atoms with Gasteiger partial charge >= 0.3 is 0 Å². The number of ether oxygens (including phenoxy) is 1. The molecule has 0 saturated carbocycles. The van der Waals surface area contributed by atoms with Gasteiger partial charge in [-0.25, -0.2) is 0 Å². The van der Waals surface area contributed by atoms with Crippen LogP contribution in [0.5, 0.6) is 5.75 Å². The highest BCUT2D eigenvalue weighted by Crippen LogP contribution is 2.12. The molecule has 6 nitrogen and oxygen atoms in total. The van der Waals surface area contributed by atoms with Gasteiger partial charge in [0.2, 0.25) is 0 Å². The minimum absolute atomic E-state index is 0. The molecule has 0 fully saturated rings. The van der Waals surface area contributed by atoms with E-state index in [4.69, 9.17) is 4.74 Å². The first-order valence-electron chi connectivity index (χ1n) is 9.28. The number of hydrogen-bond acceptors (Lipinski definition) is 3. The van der Waals surface area contributed by atoms with Crippen LogP contribution < -0.4 is 10.1 Å². The van der Waals surface area contributed by atoms with Gasteiger partial charge in [-0.15, -0.1) is 24.0 Å². The predicted octanol–water partition coefficient (Wildman–Crippen LogP) is 3.77. The van der Waals surface area contributed by atoms with Crippen molar-refractivity contribution in [3.05, 3.63) is 83.7 Å². The van der Waals surface area contributed by atoms with Gasteiger partial charge in [0.05, 0.1) is 19.9 Å². The summed E-state index contributed by atoms with van der Waals surface area (Å²) in [6.45, 7) is 2.21. The molecule has 3 rings (SSSR count). The Balaban J connectivity index is 0.00000300. The van der Waals surface area contributed by atoms with Gasteiger partial charge in [0.15, 0.2) is 5.96 Å². The minimum Gasteiger partial charge on any atom is -0.497 e. The molecule has 0 aliphatic heterocycles. The second-order valence-corrected chi connectivity index (χ2v) is 6.64. The fourth-order valence-electron chi connectivity index (χ4n) is 3.00. The number of rotatable bonds is 7. The molecule has 1 N–H and O–H groups in total. The lowest BCUT2D eigenvalue weighted by Gasteiger charge is -2.22. The molecule has 0 saturated heterocycles. The lowest BCUT2D eigenvalue weighted by atomic mass is 10.2. The SMILES string of the molecule is CN=C(NCc1cnn(Cc2ccccc2)c1)N(C)Cc1ccc(OC)cc1.I. The highest BCUT2D eigenvalue weighted by molar-refractivity contribution is 14.0. The zero-order valence-corrected chi connectivity index (χ0v) is 19.4. The van der Waals surface area contributed by atoms with Crippen molar-refractivity contribution < 1.29 is 4.74 Å². The van der Waals surface area contributed by atoms with Crippen LogP contribution in [0.2, 0.25) is 0 Å². The van der Waals surface area contributed by atoms with Gasteiger partial charge in [0.1, 0.15) is 5.75 Å². The Bertz CT molecular complexity index is 893. The number of nitrogens with one attached hydrogen (secondary N) is 1. The average molecular weight is 505 g/mol. The molecule has 29 heavy (non-hydrogen) atoms. The number of aliphatic imine (C=N–C) groups is 1. The third-order valence-electron chi connectivity index (χ3n) is 4.48. The molecular formula is C22H28IN5O. The summed E-state index contributed by atoms with van der Waals surface area (Å²) in [5.41, 5.74) is 3.55. The molecule has 0 amide bonds. The van der Waals surface area contributed by atoms with Crippen molar-refractivity contribution in [3.8, 4) is 5.75 Å². The van der Waals surface area contributed by atoms with Gasteiger partial charge in [0.25, 0.3) is 0 Å². The summed E-state index contributed by atoms with van der Waals surface area (Å²) >= 11 is 0. The number of guanidine groups is 1. The summed E-state index contributed by atoms with van der Waals surface area (Å²) in [7, 11) is 5.50. The molecule has 0 radical (unpaired) electrons. The molecule has 3 aromatic rings.